The van der Waals surface area contributed by atoms with E-state index in [0.717, 1.165) is 11.3 Å². The summed E-state index contributed by atoms with van der Waals surface area (Å²) in [7, 11) is 1.65. The second kappa shape index (κ2) is 6.48. The van der Waals surface area contributed by atoms with E-state index in [1.54, 1.807) is 13.3 Å². The zero-order valence-corrected chi connectivity index (χ0v) is 8.40. The summed E-state index contributed by atoms with van der Waals surface area (Å²) in [6, 6.07) is 3.86. The van der Waals surface area contributed by atoms with Gasteiger partial charge in [0.25, 0.3) is 0 Å². The predicted molar refractivity (Wildman–Crippen MR) is 53.7 cm³/mol. The lowest BCUT2D eigenvalue weighted by atomic mass is 10.2. The molecule has 0 aliphatic heterocycles. The van der Waals surface area contributed by atoms with Gasteiger partial charge in [0.1, 0.15) is 0 Å². The molecule has 0 saturated carbocycles. The Balaban J connectivity index is 2.41. The molecule has 0 aromatic carbocycles. The van der Waals surface area contributed by atoms with Crippen LogP contribution < -0.4 is 5.73 Å². The lowest BCUT2D eigenvalue weighted by molar-refractivity contribution is 0.0612. The molecule has 4 heteroatoms. The summed E-state index contributed by atoms with van der Waals surface area (Å²) in [6.45, 7) is 2.20. The van der Waals surface area contributed by atoms with Crippen molar-refractivity contribution in [1.82, 2.24) is 4.98 Å². The summed E-state index contributed by atoms with van der Waals surface area (Å²) < 4.78 is 10.3. The first kappa shape index (κ1) is 11.1. The Morgan fingerprint density at radius 3 is 3.00 bits per heavy atom. The molecule has 0 fully saturated rings. The first-order valence-corrected chi connectivity index (χ1v) is 4.58. The van der Waals surface area contributed by atoms with Gasteiger partial charge in [-0.05, 0) is 6.07 Å². The second-order valence-corrected chi connectivity index (χ2v) is 2.86. The number of pyridine rings is 1. The molecule has 0 bridgehead atoms. The SMILES string of the molecule is COCCOCc1cccnc1CN. The fraction of sp³-hybridized carbons (Fsp3) is 0.500. The van der Waals surface area contributed by atoms with E-state index in [4.69, 9.17) is 15.2 Å². The van der Waals surface area contributed by atoms with Crippen molar-refractivity contribution in [2.24, 2.45) is 5.73 Å². The van der Waals surface area contributed by atoms with Crippen LogP contribution >= 0.6 is 0 Å². The van der Waals surface area contributed by atoms with E-state index in [1.165, 1.54) is 0 Å². The second-order valence-electron chi connectivity index (χ2n) is 2.86. The zero-order chi connectivity index (χ0) is 10.2. The maximum atomic E-state index is 5.54. The highest BCUT2D eigenvalue weighted by Gasteiger charge is 2.00. The number of hydrogen-bond donors (Lipinski definition) is 1. The number of methoxy groups -OCH3 is 1. The minimum atomic E-state index is 0.448. The van der Waals surface area contributed by atoms with E-state index < -0.39 is 0 Å². The molecule has 0 unspecified atom stereocenters. The number of nitrogens with two attached hydrogens (primary N) is 1. The normalized spacial score (nSPS) is 10.4. The largest absolute Gasteiger partial charge is 0.382 e. The summed E-state index contributed by atoms with van der Waals surface area (Å²) >= 11 is 0. The van der Waals surface area contributed by atoms with Crippen molar-refractivity contribution in [3.63, 3.8) is 0 Å². The average Bonchev–Trinajstić information content (AvgIpc) is 2.25. The molecule has 4 nitrogen and oxygen atoms in total. The number of nitrogens with zero attached hydrogens (tertiary/aromatic N) is 1. The van der Waals surface area contributed by atoms with Gasteiger partial charge in [0.05, 0.1) is 25.5 Å². The third-order valence-electron chi connectivity index (χ3n) is 1.87. The van der Waals surface area contributed by atoms with Crippen molar-refractivity contribution in [2.75, 3.05) is 20.3 Å². The molecule has 0 radical (unpaired) electrons. The summed E-state index contributed by atoms with van der Waals surface area (Å²) in [5.41, 5.74) is 7.48. The van der Waals surface area contributed by atoms with Gasteiger partial charge in [-0.2, -0.15) is 0 Å². The van der Waals surface area contributed by atoms with E-state index >= 15 is 0 Å². The number of rotatable bonds is 6. The number of hydrogen-bond acceptors (Lipinski definition) is 4. The Morgan fingerprint density at radius 1 is 1.43 bits per heavy atom. The van der Waals surface area contributed by atoms with Gasteiger partial charge in [0.2, 0.25) is 0 Å². The topological polar surface area (TPSA) is 57.4 Å². The van der Waals surface area contributed by atoms with Crippen LogP contribution in [0.4, 0.5) is 0 Å². The first-order chi connectivity index (χ1) is 6.88. The fourth-order valence-electron chi connectivity index (χ4n) is 1.11. The van der Waals surface area contributed by atoms with E-state index in [2.05, 4.69) is 4.98 Å². The van der Waals surface area contributed by atoms with Gasteiger partial charge >= 0.3 is 0 Å². The summed E-state index contributed by atoms with van der Waals surface area (Å²) in [5.74, 6) is 0. The van der Waals surface area contributed by atoms with E-state index in [1.807, 2.05) is 12.1 Å². The minimum Gasteiger partial charge on any atom is -0.382 e. The van der Waals surface area contributed by atoms with Crippen LogP contribution in [0.1, 0.15) is 11.3 Å². The quantitative estimate of drug-likeness (QED) is 0.680. The van der Waals surface area contributed by atoms with Gasteiger partial charge in [0.15, 0.2) is 0 Å². The van der Waals surface area contributed by atoms with Gasteiger partial charge < -0.3 is 15.2 Å². The predicted octanol–water partition coefficient (Wildman–Crippen LogP) is 0.703. The Kier molecular flexibility index (Phi) is 5.14. The lowest BCUT2D eigenvalue weighted by Gasteiger charge is -2.06. The van der Waals surface area contributed by atoms with Gasteiger partial charge in [-0.25, -0.2) is 0 Å². The summed E-state index contributed by atoms with van der Waals surface area (Å²) in [5, 5.41) is 0. The van der Waals surface area contributed by atoms with E-state index in [9.17, 15) is 0 Å². The molecular formula is C10H16N2O2. The smallest absolute Gasteiger partial charge is 0.0736 e. The molecular weight excluding hydrogens is 180 g/mol. The molecule has 0 atom stereocenters. The van der Waals surface area contributed by atoms with Crippen LogP contribution in [-0.2, 0) is 22.6 Å². The molecule has 14 heavy (non-hydrogen) atoms. The van der Waals surface area contributed by atoms with Crippen molar-refractivity contribution in [3.8, 4) is 0 Å². The molecule has 1 heterocycles. The highest BCUT2D eigenvalue weighted by molar-refractivity contribution is 5.18. The molecule has 0 spiro atoms. The van der Waals surface area contributed by atoms with Gasteiger partial charge in [0, 0.05) is 25.4 Å². The van der Waals surface area contributed by atoms with Crippen molar-refractivity contribution >= 4 is 0 Å². The molecule has 0 saturated heterocycles. The van der Waals surface area contributed by atoms with Gasteiger partial charge in [-0.3, -0.25) is 4.98 Å². The van der Waals surface area contributed by atoms with Crippen LogP contribution in [0.5, 0.6) is 0 Å². The maximum absolute atomic E-state index is 5.54. The first-order valence-electron chi connectivity index (χ1n) is 4.58. The minimum absolute atomic E-state index is 0.448. The molecule has 2 N–H and O–H groups in total. The number of ether oxygens (including phenoxy) is 2. The monoisotopic (exact) mass is 196 g/mol. The fourth-order valence-corrected chi connectivity index (χ4v) is 1.11. The average molecular weight is 196 g/mol. The van der Waals surface area contributed by atoms with Crippen LogP contribution in [0.15, 0.2) is 18.3 Å². The van der Waals surface area contributed by atoms with E-state index in [0.29, 0.717) is 26.4 Å². The summed E-state index contributed by atoms with van der Waals surface area (Å²) in [6.07, 6.45) is 1.74. The Hall–Kier alpha value is -0.970. The van der Waals surface area contributed by atoms with Crippen LogP contribution in [0.25, 0.3) is 0 Å². The van der Waals surface area contributed by atoms with Crippen molar-refractivity contribution in [2.45, 2.75) is 13.2 Å². The van der Waals surface area contributed by atoms with Crippen LogP contribution in [-0.4, -0.2) is 25.3 Å². The Morgan fingerprint density at radius 2 is 2.29 bits per heavy atom. The molecule has 1 aromatic heterocycles. The van der Waals surface area contributed by atoms with Crippen molar-refractivity contribution in [3.05, 3.63) is 29.6 Å². The number of aromatic nitrogens is 1. The van der Waals surface area contributed by atoms with Crippen molar-refractivity contribution in [1.29, 1.82) is 0 Å². The van der Waals surface area contributed by atoms with Crippen LogP contribution in [0.3, 0.4) is 0 Å². The van der Waals surface area contributed by atoms with Crippen LogP contribution in [0.2, 0.25) is 0 Å². The molecule has 0 amide bonds. The van der Waals surface area contributed by atoms with Gasteiger partial charge in [-0.1, -0.05) is 6.07 Å². The van der Waals surface area contributed by atoms with E-state index in [-0.39, 0.29) is 0 Å². The molecule has 0 aliphatic rings. The van der Waals surface area contributed by atoms with Crippen LogP contribution in [0, 0.1) is 0 Å². The zero-order valence-electron chi connectivity index (χ0n) is 8.40. The Bertz CT molecular complexity index is 266. The lowest BCUT2D eigenvalue weighted by Crippen LogP contribution is -2.07. The standard InChI is InChI=1S/C10H16N2O2/c1-13-5-6-14-8-9-3-2-4-12-10(9)7-11/h2-4H,5-8,11H2,1H3. The molecule has 1 aromatic rings. The highest BCUT2D eigenvalue weighted by atomic mass is 16.5. The summed E-state index contributed by atoms with van der Waals surface area (Å²) in [4.78, 5) is 4.16. The third kappa shape index (κ3) is 3.41. The maximum Gasteiger partial charge on any atom is 0.0736 e. The molecule has 0 aliphatic carbocycles. The Labute approximate surface area is 84.0 Å². The molecule has 1 rings (SSSR count). The molecule has 78 valence electrons. The van der Waals surface area contributed by atoms with Crippen molar-refractivity contribution < 1.29 is 9.47 Å². The van der Waals surface area contributed by atoms with Gasteiger partial charge in [-0.15, -0.1) is 0 Å². The third-order valence-corrected chi connectivity index (χ3v) is 1.87. The highest BCUT2D eigenvalue weighted by Crippen LogP contribution is 2.05.